The van der Waals surface area contributed by atoms with E-state index in [1.165, 1.54) is 12.1 Å². The number of aromatic nitrogens is 1. The van der Waals surface area contributed by atoms with Crippen molar-refractivity contribution in [2.45, 2.75) is 6.36 Å². The van der Waals surface area contributed by atoms with E-state index in [9.17, 15) is 13.2 Å². The molecular formula is C11H8F3NO. The maximum Gasteiger partial charge on any atom is 0.573 e. The van der Waals surface area contributed by atoms with Gasteiger partial charge in [-0.1, -0.05) is 12.1 Å². The zero-order chi connectivity index (χ0) is 11.6. The molecule has 1 heterocycles. The molecule has 1 aromatic carbocycles. The molecule has 0 aliphatic rings. The van der Waals surface area contributed by atoms with Crippen LogP contribution < -0.4 is 4.74 Å². The van der Waals surface area contributed by atoms with Crippen LogP contribution in [0, 0.1) is 0 Å². The van der Waals surface area contributed by atoms with E-state index < -0.39 is 6.36 Å². The summed E-state index contributed by atoms with van der Waals surface area (Å²) in [5, 5.41) is 0. The highest BCUT2D eigenvalue weighted by Crippen LogP contribution is 2.26. The molecule has 0 spiro atoms. The Balaban J connectivity index is 2.17. The molecule has 5 heteroatoms. The average molecular weight is 227 g/mol. The van der Waals surface area contributed by atoms with Crippen molar-refractivity contribution >= 4 is 0 Å². The van der Waals surface area contributed by atoms with Crippen LogP contribution in [-0.4, -0.2) is 11.3 Å². The standard InChI is InChI=1S/C11H8F3NO/c12-11(13,14)16-10-3-1-8(2-4-10)9-5-6-15-7-9/h1-7,15H. The summed E-state index contributed by atoms with van der Waals surface area (Å²) < 4.78 is 39.4. The van der Waals surface area contributed by atoms with E-state index in [0.29, 0.717) is 0 Å². The SMILES string of the molecule is FC(F)(F)Oc1ccc(-c2cc[nH]c2)cc1. The van der Waals surface area contributed by atoms with Crippen LogP contribution in [0.25, 0.3) is 11.1 Å². The summed E-state index contributed by atoms with van der Waals surface area (Å²) in [6.45, 7) is 0. The van der Waals surface area contributed by atoms with E-state index in [1.54, 1.807) is 24.5 Å². The zero-order valence-electron chi connectivity index (χ0n) is 8.08. The van der Waals surface area contributed by atoms with Crippen LogP contribution in [0.4, 0.5) is 13.2 Å². The van der Waals surface area contributed by atoms with Crippen molar-refractivity contribution in [2.75, 3.05) is 0 Å². The van der Waals surface area contributed by atoms with E-state index >= 15 is 0 Å². The molecule has 2 nitrogen and oxygen atoms in total. The predicted octanol–water partition coefficient (Wildman–Crippen LogP) is 3.58. The third kappa shape index (κ3) is 2.56. The van der Waals surface area contributed by atoms with Crippen molar-refractivity contribution in [3.8, 4) is 16.9 Å². The number of halogens is 3. The smallest absolute Gasteiger partial charge is 0.406 e. The number of hydrogen-bond acceptors (Lipinski definition) is 1. The molecule has 0 aliphatic heterocycles. The minimum Gasteiger partial charge on any atom is -0.406 e. The first-order chi connectivity index (χ1) is 7.54. The molecule has 0 atom stereocenters. The molecule has 0 amide bonds. The first-order valence-electron chi connectivity index (χ1n) is 4.53. The van der Waals surface area contributed by atoms with Crippen LogP contribution >= 0.6 is 0 Å². The number of H-pyrrole nitrogens is 1. The van der Waals surface area contributed by atoms with Crippen LogP contribution in [0.2, 0.25) is 0 Å². The van der Waals surface area contributed by atoms with Crippen molar-refractivity contribution in [1.29, 1.82) is 0 Å². The first kappa shape index (κ1) is 10.6. The molecule has 84 valence electrons. The van der Waals surface area contributed by atoms with Gasteiger partial charge in [-0.25, -0.2) is 0 Å². The molecule has 1 N–H and O–H groups in total. The Morgan fingerprint density at radius 2 is 1.62 bits per heavy atom. The maximum absolute atomic E-state index is 11.9. The second kappa shape index (κ2) is 3.92. The van der Waals surface area contributed by atoms with Crippen LogP contribution in [0.3, 0.4) is 0 Å². The van der Waals surface area contributed by atoms with Gasteiger partial charge in [0.2, 0.25) is 0 Å². The van der Waals surface area contributed by atoms with E-state index in [1.807, 2.05) is 6.07 Å². The average Bonchev–Trinajstić information content (AvgIpc) is 2.69. The lowest BCUT2D eigenvalue weighted by Crippen LogP contribution is -2.16. The minimum absolute atomic E-state index is 0.216. The number of benzene rings is 1. The number of rotatable bonds is 2. The molecule has 1 aromatic heterocycles. The third-order valence-electron chi connectivity index (χ3n) is 2.02. The van der Waals surface area contributed by atoms with Gasteiger partial charge in [-0.2, -0.15) is 0 Å². The first-order valence-corrected chi connectivity index (χ1v) is 4.53. The number of alkyl halides is 3. The summed E-state index contributed by atoms with van der Waals surface area (Å²) in [5.74, 6) is -0.216. The fourth-order valence-electron chi connectivity index (χ4n) is 1.35. The minimum atomic E-state index is -4.64. The van der Waals surface area contributed by atoms with Gasteiger partial charge in [-0.05, 0) is 29.3 Å². The summed E-state index contributed by atoms with van der Waals surface area (Å²) >= 11 is 0. The fraction of sp³-hybridized carbons (Fsp3) is 0.0909. The molecule has 0 unspecified atom stereocenters. The van der Waals surface area contributed by atoms with Crippen LogP contribution in [-0.2, 0) is 0 Å². The maximum atomic E-state index is 11.9. The van der Waals surface area contributed by atoms with Crippen molar-refractivity contribution in [2.24, 2.45) is 0 Å². The zero-order valence-corrected chi connectivity index (χ0v) is 8.08. The highest BCUT2D eigenvalue weighted by Gasteiger charge is 2.30. The molecule has 2 rings (SSSR count). The molecular weight excluding hydrogens is 219 g/mol. The Bertz CT molecular complexity index is 445. The molecule has 2 aromatic rings. The Morgan fingerprint density at radius 3 is 2.12 bits per heavy atom. The predicted molar refractivity (Wildman–Crippen MR) is 52.9 cm³/mol. The molecule has 16 heavy (non-hydrogen) atoms. The number of nitrogens with one attached hydrogen (secondary N) is 1. The van der Waals surface area contributed by atoms with E-state index in [2.05, 4.69) is 9.72 Å². The van der Waals surface area contributed by atoms with E-state index in [-0.39, 0.29) is 5.75 Å². The van der Waals surface area contributed by atoms with Gasteiger partial charge >= 0.3 is 6.36 Å². The van der Waals surface area contributed by atoms with Gasteiger partial charge in [0.15, 0.2) is 0 Å². The Labute approximate surface area is 89.7 Å². The third-order valence-corrected chi connectivity index (χ3v) is 2.02. The van der Waals surface area contributed by atoms with Crippen LogP contribution in [0.15, 0.2) is 42.7 Å². The highest BCUT2D eigenvalue weighted by molar-refractivity contribution is 5.63. The Morgan fingerprint density at radius 1 is 0.938 bits per heavy atom. The van der Waals surface area contributed by atoms with Gasteiger partial charge in [0, 0.05) is 12.4 Å². The summed E-state index contributed by atoms with van der Waals surface area (Å²) in [7, 11) is 0. The second-order valence-corrected chi connectivity index (χ2v) is 3.17. The monoisotopic (exact) mass is 227 g/mol. The number of aromatic amines is 1. The normalized spacial score (nSPS) is 11.4. The quantitative estimate of drug-likeness (QED) is 0.833. The largest absolute Gasteiger partial charge is 0.573 e. The van der Waals surface area contributed by atoms with Gasteiger partial charge < -0.3 is 9.72 Å². The summed E-state index contributed by atoms with van der Waals surface area (Å²) in [4.78, 5) is 2.87. The Kier molecular flexibility index (Phi) is 2.60. The molecule has 0 radical (unpaired) electrons. The fourth-order valence-corrected chi connectivity index (χ4v) is 1.35. The molecule has 0 aliphatic carbocycles. The van der Waals surface area contributed by atoms with Gasteiger partial charge in [0.1, 0.15) is 5.75 Å². The lowest BCUT2D eigenvalue weighted by atomic mass is 10.1. The lowest BCUT2D eigenvalue weighted by molar-refractivity contribution is -0.274. The summed E-state index contributed by atoms with van der Waals surface area (Å²) in [6.07, 6.45) is -1.13. The lowest BCUT2D eigenvalue weighted by Gasteiger charge is -2.08. The van der Waals surface area contributed by atoms with Crippen molar-refractivity contribution in [1.82, 2.24) is 4.98 Å². The summed E-state index contributed by atoms with van der Waals surface area (Å²) in [6, 6.07) is 7.56. The number of hydrogen-bond donors (Lipinski definition) is 1. The second-order valence-electron chi connectivity index (χ2n) is 3.17. The van der Waals surface area contributed by atoms with Crippen molar-refractivity contribution in [3.63, 3.8) is 0 Å². The van der Waals surface area contributed by atoms with Crippen LogP contribution in [0.1, 0.15) is 0 Å². The highest BCUT2D eigenvalue weighted by atomic mass is 19.4. The number of ether oxygens (including phenoxy) is 1. The molecule has 0 bridgehead atoms. The van der Waals surface area contributed by atoms with E-state index in [0.717, 1.165) is 11.1 Å². The topological polar surface area (TPSA) is 25.0 Å². The summed E-state index contributed by atoms with van der Waals surface area (Å²) in [5.41, 5.74) is 1.74. The van der Waals surface area contributed by atoms with Gasteiger partial charge in [-0.3, -0.25) is 0 Å². The molecule has 0 fully saturated rings. The molecule has 0 saturated heterocycles. The Hall–Kier alpha value is -1.91. The van der Waals surface area contributed by atoms with Crippen molar-refractivity contribution < 1.29 is 17.9 Å². The van der Waals surface area contributed by atoms with Gasteiger partial charge in [-0.15, -0.1) is 13.2 Å². The molecule has 0 saturated carbocycles. The van der Waals surface area contributed by atoms with Gasteiger partial charge in [0.05, 0.1) is 0 Å². The van der Waals surface area contributed by atoms with Gasteiger partial charge in [0.25, 0.3) is 0 Å². The van der Waals surface area contributed by atoms with Crippen LogP contribution in [0.5, 0.6) is 5.75 Å². The van der Waals surface area contributed by atoms with Crippen molar-refractivity contribution in [3.05, 3.63) is 42.7 Å². The van der Waals surface area contributed by atoms with E-state index in [4.69, 9.17) is 0 Å².